The number of hydrogen-bond acceptors (Lipinski definition) is 8. The Hall–Kier alpha value is -4.47. The van der Waals surface area contributed by atoms with Gasteiger partial charge in [0.05, 0.1) is 0 Å². The fourth-order valence-corrected chi connectivity index (χ4v) is 4.94. The topological polar surface area (TPSA) is 111 Å². The number of nitrogens with zero attached hydrogens (tertiary/aromatic N) is 4. The molecule has 0 spiro atoms. The van der Waals surface area contributed by atoms with Crippen LogP contribution in [-0.2, 0) is 16.0 Å². The number of ether oxygens (including phenoxy) is 3. The zero-order valence-corrected chi connectivity index (χ0v) is 23.3. The number of carbonyl (C=O) groups is 3. The number of aromatic nitrogens is 2. The molecule has 0 N–H and O–H groups in total. The Balaban J connectivity index is 1.04. The van der Waals surface area contributed by atoms with E-state index in [1.807, 2.05) is 50.2 Å². The molecular formula is C31H34N4O6. The quantitative estimate of drug-likeness (QED) is 0.354. The molecule has 0 atom stereocenters. The van der Waals surface area contributed by atoms with Crippen molar-refractivity contribution in [3.05, 3.63) is 72.6 Å². The molecule has 2 fully saturated rings. The molecule has 2 aliphatic rings. The van der Waals surface area contributed by atoms with Crippen molar-refractivity contribution in [2.45, 2.75) is 52.1 Å². The molecule has 0 saturated carbocycles. The number of amides is 3. The number of rotatable bonds is 8. The average molecular weight is 559 g/mol. The van der Waals surface area contributed by atoms with Crippen molar-refractivity contribution in [2.24, 2.45) is 5.41 Å². The first kappa shape index (κ1) is 28.1. The molecule has 2 aliphatic heterocycles. The Morgan fingerprint density at radius 2 is 1.61 bits per heavy atom. The zero-order chi connectivity index (χ0) is 28.8. The van der Waals surface area contributed by atoms with E-state index >= 15 is 0 Å². The van der Waals surface area contributed by atoms with E-state index in [1.54, 1.807) is 35.5 Å². The van der Waals surface area contributed by atoms with Crippen LogP contribution in [0.25, 0.3) is 0 Å². The van der Waals surface area contributed by atoms with Crippen LogP contribution in [0.5, 0.6) is 23.3 Å². The normalized spacial score (nSPS) is 17.3. The van der Waals surface area contributed by atoms with E-state index in [9.17, 15) is 14.4 Å². The van der Waals surface area contributed by atoms with Crippen molar-refractivity contribution in [1.29, 1.82) is 0 Å². The highest BCUT2D eigenvalue weighted by atomic mass is 16.6. The van der Waals surface area contributed by atoms with Crippen LogP contribution in [0.1, 0.15) is 45.1 Å². The molecule has 2 saturated heterocycles. The number of carbonyl (C=O) groups excluding carboxylic acids is 3. The predicted molar refractivity (Wildman–Crippen MR) is 150 cm³/mol. The molecule has 10 heteroatoms. The minimum Gasteiger partial charge on any atom is -0.490 e. The maximum atomic E-state index is 12.7. The molecule has 1 aromatic carbocycles. The lowest BCUT2D eigenvalue weighted by molar-refractivity contribution is -0.152. The Kier molecular flexibility index (Phi) is 8.47. The van der Waals surface area contributed by atoms with Crippen molar-refractivity contribution in [1.82, 2.24) is 19.8 Å². The summed E-state index contributed by atoms with van der Waals surface area (Å²) in [4.78, 5) is 48.8. The number of piperidine rings is 2. The summed E-state index contributed by atoms with van der Waals surface area (Å²) in [6.45, 7) is 5.20. The maximum Gasteiger partial charge on any atom is 0.416 e. The van der Waals surface area contributed by atoms with E-state index in [4.69, 9.17) is 14.2 Å². The standard InChI is InChI=1S/C31H34N4O6/c1-31(2)19-28(36)35(29(37)20-31)18-12-22-6-11-27(33-21-22)41-30(38)34-16-13-25(14-17-34)39-23-7-9-24(10-8-23)40-26-5-3-4-15-32-26/h3-11,15,21,25H,12-14,16-20H2,1-2H3. The summed E-state index contributed by atoms with van der Waals surface area (Å²) in [6, 6.07) is 16.3. The van der Waals surface area contributed by atoms with Crippen LogP contribution in [-0.4, -0.2) is 63.4 Å². The number of pyridine rings is 2. The molecule has 5 rings (SSSR count). The van der Waals surface area contributed by atoms with Gasteiger partial charge in [-0.1, -0.05) is 26.0 Å². The summed E-state index contributed by atoms with van der Waals surface area (Å²) in [5, 5.41) is 0. The zero-order valence-electron chi connectivity index (χ0n) is 23.3. The SMILES string of the molecule is CC1(C)CC(=O)N(CCc2ccc(OC(=O)N3CCC(Oc4ccc(Oc5ccccn5)cc4)CC3)nc2)C(=O)C1. The van der Waals surface area contributed by atoms with Crippen LogP contribution < -0.4 is 14.2 Å². The van der Waals surface area contributed by atoms with E-state index in [1.165, 1.54) is 4.90 Å². The van der Waals surface area contributed by atoms with E-state index in [-0.39, 0.29) is 29.2 Å². The lowest BCUT2D eigenvalue weighted by Gasteiger charge is -2.34. The highest BCUT2D eigenvalue weighted by molar-refractivity contribution is 5.98. The van der Waals surface area contributed by atoms with Gasteiger partial charge in [0.15, 0.2) is 0 Å². The summed E-state index contributed by atoms with van der Waals surface area (Å²) in [5.41, 5.74) is 0.563. The van der Waals surface area contributed by atoms with Gasteiger partial charge in [-0.2, -0.15) is 0 Å². The minimum atomic E-state index is -0.452. The summed E-state index contributed by atoms with van der Waals surface area (Å²) in [7, 11) is 0. The summed E-state index contributed by atoms with van der Waals surface area (Å²) in [6.07, 6.45) is 5.41. The molecule has 0 bridgehead atoms. The van der Waals surface area contributed by atoms with Crippen LogP contribution in [0.3, 0.4) is 0 Å². The number of imide groups is 1. The molecule has 41 heavy (non-hydrogen) atoms. The van der Waals surface area contributed by atoms with Gasteiger partial charge in [0, 0.05) is 69.8 Å². The van der Waals surface area contributed by atoms with E-state index in [0.717, 1.165) is 11.3 Å². The van der Waals surface area contributed by atoms with Crippen molar-refractivity contribution in [2.75, 3.05) is 19.6 Å². The minimum absolute atomic E-state index is 0.0104. The van der Waals surface area contributed by atoms with Crippen LogP contribution in [0, 0.1) is 5.41 Å². The molecule has 214 valence electrons. The molecule has 0 radical (unpaired) electrons. The van der Waals surface area contributed by atoms with Gasteiger partial charge < -0.3 is 19.1 Å². The largest absolute Gasteiger partial charge is 0.490 e. The summed E-state index contributed by atoms with van der Waals surface area (Å²) in [5.74, 6) is 1.87. The monoisotopic (exact) mass is 558 g/mol. The molecule has 3 aromatic rings. The van der Waals surface area contributed by atoms with Gasteiger partial charge in [-0.05, 0) is 47.7 Å². The van der Waals surface area contributed by atoms with Crippen LogP contribution in [0.4, 0.5) is 4.79 Å². The van der Waals surface area contributed by atoms with E-state index < -0.39 is 6.09 Å². The second-order valence-corrected chi connectivity index (χ2v) is 11.1. The number of benzene rings is 1. The maximum absolute atomic E-state index is 12.7. The van der Waals surface area contributed by atoms with Crippen molar-refractivity contribution >= 4 is 17.9 Å². The Bertz CT molecular complexity index is 1330. The molecule has 3 amide bonds. The molecule has 0 aliphatic carbocycles. The van der Waals surface area contributed by atoms with Gasteiger partial charge in [-0.15, -0.1) is 0 Å². The first-order valence-corrected chi connectivity index (χ1v) is 13.8. The van der Waals surface area contributed by atoms with E-state index in [2.05, 4.69) is 9.97 Å². The van der Waals surface area contributed by atoms with Gasteiger partial charge in [0.25, 0.3) is 0 Å². The third-order valence-corrected chi connectivity index (χ3v) is 7.16. The van der Waals surface area contributed by atoms with Gasteiger partial charge in [0.2, 0.25) is 23.6 Å². The molecule has 2 aromatic heterocycles. The first-order chi connectivity index (χ1) is 19.7. The van der Waals surface area contributed by atoms with Crippen LogP contribution in [0.2, 0.25) is 0 Å². The van der Waals surface area contributed by atoms with Crippen molar-refractivity contribution in [3.63, 3.8) is 0 Å². The fraction of sp³-hybridized carbons (Fsp3) is 0.387. The summed E-state index contributed by atoms with van der Waals surface area (Å²) >= 11 is 0. The van der Waals surface area contributed by atoms with Crippen LogP contribution >= 0.6 is 0 Å². The molecular weight excluding hydrogens is 524 g/mol. The predicted octanol–water partition coefficient (Wildman–Crippen LogP) is 5.03. The van der Waals surface area contributed by atoms with Gasteiger partial charge in [0.1, 0.15) is 17.6 Å². The third-order valence-electron chi connectivity index (χ3n) is 7.16. The second-order valence-electron chi connectivity index (χ2n) is 11.1. The molecule has 4 heterocycles. The fourth-order valence-electron chi connectivity index (χ4n) is 4.94. The van der Waals surface area contributed by atoms with Gasteiger partial charge >= 0.3 is 6.09 Å². The smallest absolute Gasteiger partial charge is 0.416 e. The van der Waals surface area contributed by atoms with E-state index in [0.29, 0.717) is 63.4 Å². The summed E-state index contributed by atoms with van der Waals surface area (Å²) < 4.78 is 17.3. The van der Waals surface area contributed by atoms with Gasteiger partial charge in [-0.3, -0.25) is 14.5 Å². The second kappa shape index (κ2) is 12.4. The Morgan fingerprint density at radius 3 is 2.24 bits per heavy atom. The average Bonchev–Trinajstić information content (AvgIpc) is 2.95. The highest BCUT2D eigenvalue weighted by Gasteiger charge is 2.37. The molecule has 10 nitrogen and oxygen atoms in total. The Labute approximate surface area is 239 Å². The third kappa shape index (κ3) is 7.59. The van der Waals surface area contributed by atoms with Crippen molar-refractivity contribution in [3.8, 4) is 23.3 Å². The number of hydrogen-bond donors (Lipinski definition) is 0. The van der Waals surface area contributed by atoms with Crippen LogP contribution in [0.15, 0.2) is 67.0 Å². The first-order valence-electron chi connectivity index (χ1n) is 13.8. The highest BCUT2D eigenvalue weighted by Crippen LogP contribution is 2.31. The molecule has 0 unspecified atom stereocenters. The van der Waals surface area contributed by atoms with Gasteiger partial charge in [-0.25, -0.2) is 14.8 Å². The Morgan fingerprint density at radius 1 is 0.902 bits per heavy atom. The lowest BCUT2D eigenvalue weighted by Crippen LogP contribution is -2.46. The number of likely N-dealkylation sites (tertiary alicyclic amines) is 2. The lowest BCUT2D eigenvalue weighted by atomic mass is 9.81. The van der Waals surface area contributed by atoms with Crippen molar-refractivity contribution < 1.29 is 28.6 Å².